The first-order valence-electron chi connectivity index (χ1n) is 10.0. The standard InChI is InChI=1S/C19H32N4O3S/c1-15-8-4-5-9-17(15)21(2)19(24)14-23(27(3,25)26)13-16-12-22-11-7-6-10-18(22)20-16/h12,15,17H,4-11,13-14H2,1-3H3/t15-,17+/m0/s1. The molecule has 3 rings (SSSR count). The normalized spacial score (nSPS) is 23.3. The van der Waals surface area contributed by atoms with Crippen molar-refractivity contribution in [3.05, 3.63) is 17.7 Å². The van der Waals surface area contributed by atoms with Crippen molar-refractivity contribution < 1.29 is 13.2 Å². The van der Waals surface area contributed by atoms with Gasteiger partial charge in [-0.05, 0) is 31.6 Å². The fourth-order valence-corrected chi connectivity index (χ4v) is 5.05. The summed E-state index contributed by atoms with van der Waals surface area (Å²) in [5.74, 6) is 1.34. The molecule has 152 valence electrons. The van der Waals surface area contributed by atoms with Crippen molar-refractivity contribution in [2.24, 2.45) is 5.92 Å². The number of amides is 1. The first-order chi connectivity index (χ1) is 12.8. The van der Waals surface area contributed by atoms with Crippen LogP contribution < -0.4 is 0 Å². The Morgan fingerprint density at radius 1 is 1.26 bits per heavy atom. The van der Waals surface area contributed by atoms with Gasteiger partial charge in [0.2, 0.25) is 15.9 Å². The molecule has 27 heavy (non-hydrogen) atoms. The van der Waals surface area contributed by atoms with Gasteiger partial charge in [0.05, 0.1) is 25.0 Å². The molecule has 2 heterocycles. The van der Waals surface area contributed by atoms with Gasteiger partial charge in [-0.25, -0.2) is 13.4 Å². The van der Waals surface area contributed by atoms with Crippen molar-refractivity contribution in [1.29, 1.82) is 0 Å². The number of hydrogen-bond acceptors (Lipinski definition) is 4. The Kier molecular flexibility index (Phi) is 6.25. The molecule has 1 amide bonds. The summed E-state index contributed by atoms with van der Waals surface area (Å²) in [7, 11) is -1.69. The summed E-state index contributed by atoms with van der Waals surface area (Å²) < 4.78 is 28.0. The number of imidazole rings is 1. The van der Waals surface area contributed by atoms with Crippen molar-refractivity contribution >= 4 is 15.9 Å². The molecule has 2 atom stereocenters. The number of rotatable bonds is 6. The number of sulfonamides is 1. The maximum atomic E-state index is 12.8. The molecule has 1 aliphatic heterocycles. The molecule has 7 nitrogen and oxygen atoms in total. The first kappa shape index (κ1) is 20.3. The number of carbonyl (C=O) groups is 1. The fraction of sp³-hybridized carbons (Fsp3) is 0.789. The SMILES string of the molecule is C[C@H]1CCCC[C@H]1N(C)C(=O)CN(Cc1cn2c(n1)CCCC2)S(C)(=O)=O. The molecule has 8 heteroatoms. The van der Waals surface area contributed by atoms with Crippen LogP contribution in [-0.4, -0.2) is 59.0 Å². The third kappa shape index (κ3) is 4.90. The third-order valence-corrected chi connectivity index (χ3v) is 7.23. The van der Waals surface area contributed by atoms with Crippen LogP contribution in [0.5, 0.6) is 0 Å². The number of fused-ring (bicyclic) bond motifs is 1. The summed E-state index contributed by atoms with van der Waals surface area (Å²) in [5, 5.41) is 0. The second kappa shape index (κ2) is 8.31. The van der Waals surface area contributed by atoms with E-state index in [1.165, 1.54) is 17.0 Å². The zero-order valence-corrected chi connectivity index (χ0v) is 17.5. The second-order valence-electron chi connectivity index (χ2n) is 8.16. The molecule has 1 saturated carbocycles. The highest BCUT2D eigenvalue weighted by atomic mass is 32.2. The van der Waals surface area contributed by atoms with Gasteiger partial charge in [-0.15, -0.1) is 0 Å². The van der Waals surface area contributed by atoms with E-state index in [1.54, 1.807) is 4.90 Å². The minimum atomic E-state index is -3.50. The molecule has 1 fully saturated rings. The predicted octanol–water partition coefficient (Wildman–Crippen LogP) is 2.02. The van der Waals surface area contributed by atoms with Crippen LogP contribution in [0, 0.1) is 5.92 Å². The lowest BCUT2D eigenvalue weighted by atomic mass is 9.85. The quantitative estimate of drug-likeness (QED) is 0.737. The van der Waals surface area contributed by atoms with Gasteiger partial charge in [0, 0.05) is 32.3 Å². The molecule has 1 aliphatic carbocycles. The van der Waals surface area contributed by atoms with Crippen LogP contribution in [0.4, 0.5) is 0 Å². The van der Waals surface area contributed by atoms with E-state index in [9.17, 15) is 13.2 Å². The van der Waals surface area contributed by atoms with Crippen LogP contribution in [0.2, 0.25) is 0 Å². The maximum Gasteiger partial charge on any atom is 0.237 e. The Bertz CT molecular complexity index is 750. The number of aryl methyl sites for hydroxylation is 2. The first-order valence-corrected chi connectivity index (χ1v) is 11.9. The fourth-order valence-electron chi connectivity index (χ4n) is 4.34. The van der Waals surface area contributed by atoms with Crippen molar-refractivity contribution in [1.82, 2.24) is 18.8 Å². The highest BCUT2D eigenvalue weighted by Crippen LogP contribution is 2.27. The lowest BCUT2D eigenvalue weighted by Crippen LogP contribution is -2.47. The molecule has 0 bridgehead atoms. The summed E-state index contributed by atoms with van der Waals surface area (Å²) in [4.78, 5) is 19.2. The van der Waals surface area contributed by atoms with Crippen LogP contribution >= 0.6 is 0 Å². The average molecular weight is 397 g/mol. The van der Waals surface area contributed by atoms with E-state index in [1.807, 2.05) is 13.2 Å². The van der Waals surface area contributed by atoms with E-state index >= 15 is 0 Å². The minimum Gasteiger partial charge on any atom is -0.341 e. The van der Waals surface area contributed by atoms with Crippen LogP contribution in [0.25, 0.3) is 0 Å². The molecule has 0 unspecified atom stereocenters. The lowest BCUT2D eigenvalue weighted by molar-refractivity contribution is -0.133. The number of aromatic nitrogens is 2. The summed E-state index contributed by atoms with van der Waals surface area (Å²) >= 11 is 0. The van der Waals surface area contributed by atoms with Crippen LogP contribution in [-0.2, 0) is 34.3 Å². The molecule has 0 radical (unpaired) electrons. The Balaban J connectivity index is 1.69. The van der Waals surface area contributed by atoms with Gasteiger partial charge in [-0.1, -0.05) is 19.8 Å². The van der Waals surface area contributed by atoms with Crippen LogP contribution in [0.1, 0.15) is 57.0 Å². The van der Waals surface area contributed by atoms with E-state index in [0.717, 1.165) is 56.6 Å². The Morgan fingerprint density at radius 3 is 2.67 bits per heavy atom. The number of likely N-dealkylation sites (N-methyl/N-ethyl adjacent to an activating group) is 1. The van der Waals surface area contributed by atoms with E-state index in [0.29, 0.717) is 5.92 Å². The minimum absolute atomic E-state index is 0.124. The van der Waals surface area contributed by atoms with E-state index in [-0.39, 0.29) is 25.0 Å². The average Bonchev–Trinajstić information content (AvgIpc) is 3.02. The Labute approximate surface area is 162 Å². The summed E-state index contributed by atoms with van der Waals surface area (Å²) in [6.07, 6.45) is 10.7. The Hall–Kier alpha value is -1.41. The lowest BCUT2D eigenvalue weighted by Gasteiger charge is -2.37. The van der Waals surface area contributed by atoms with Crippen molar-refractivity contribution in [2.75, 3.05) is 19.8 Å². The topological polar surface area (TPSA) is 75.5 Å². The molecular weight excluding hydrogens is 364 g/mol. The monoisotopic (exact) mass is 396 g/mol. The summed E-state index contributed by atoms with van der Waals surface area (Å²) in [5.41, 5.74) is 0.721. The predicted molar refractivity (Wildman–Crippen MR) is 105 cm³/mol. The van der Waals surface area contributed by atoms with Gasteiger partial charge in [0.15, 0.2) is 0 Å². The highest BCUT2D eigenvalue weighted by Gasteiger charge is 2.30. The molecule has 0 aromatic carbocycles. The largest absolute Gasteiger partial charge is 0.341 e. The van der Waals surface area contributed by atoms with E-state index in [2.05, 4.69) is 16.5 Å². The molecular formula is C19H32N4O3S. The number of carbonyl (C=O) groups excluding carboxylic acids is 1. The zero-order valence-electron chi connectivity index (χ0n) is 16.7. The molecule has 0 spiro atoms. The maximum absolute atomic E-state index is 12.8. The smallest absolute Gasteiger partial charge is 0.237 e. The molecule has 1 aromatic rings. The summed E-state index contributed by atoms with van der Waals surface area (Å²) in [6.45, 7) is 3.14. The van der Waals surface area contributed by atoms with Gasteiger partial charge >= 0.3 is 0 Å². The zero-order chi connectivity index (χ0) is 19.6. The molecule has 0 N–H and O–H groups in total. The molecule has 1 aromatic heterocycles. The van der Waals surface area contributed by atoms with Gasteiger partial charge in [0.1, 0.15) is 5.82 Å². The number of nitrogens with zero attached hydrogens (tertiary/aromatic N) is 4. The van der Waals surface area contributed by atoms with Crippen LogP contribution in [0.15, 0.2) is 6.20 Å². The Morgan fingerprint density at radius 2 is 2.00 bits per heavy atom. The number of hydrogen-bond donors (Lipinski definition) is 0. The van der Waals surface area contributed by atoms with Gasteiger partial charge in [-0.3, -0.25) is 4.79 Å². The second-order valence-corrected chi connectivity index (χ2v) is 10.1. The van der Waals surface area contributed by atoms with Crippen molar-refractivity contribution in [3.63, 3.8) is 0 Å². The van der Waals surface area contributed by atoms with Gasteiger partial charge in [0.25, 0.3) is 0 Å². The van der Waals surface area contributed by atoms with E-state index in [4.69, 9.17) is 0 Å². The van der Waals surface area contributed by atoms with Crippen LogP contribution in [0.3, 0.4) is 0 Å². The molecule has 2 aliphatic rings. The highest BCUT2D eigenvalue weighted by molar-refractivity contribution is 7.88. The molecule has 0 saturated heterocycles. The summed E-state index contributed by atoms with van der Waals surface area (Å²) in [6, 6.07) is 0.201. The van der Waals surface area contributed by atoms with E-state index < -0.39 is 10.0 Å². The third-order valence-electron chi connectivity index (χ3n) is 6.03. The van der Waals surface area contributed by atoms with Crippen molar-refractivity contribution in [3.8, 4) is 0 Å². The van der Waals surface area contributed by atoms with Crippen molar-refractivity contribution in [2.45, 2.75) is 71.0 Å². The van der Waals surface area contributed by atoms with Gasteiger partial charge < -0.3 is 9.47 Å². The van der Waals surface area contributed by atoms with Gasteiger partial charge in [-0.2, -0.15) is 4.31 Å².